The lowest BCUT2D eigenvalue weighted by Crippen LogP contribution is -2.47. The molecular formula is C34H45Cl3F3N3O2S. The molecule has 0 radical (unpaired) electrons. The Morgan fingerprint density at radius 1 is 1.02 bits per heavy atom. The van der Waals surface area contributed by atoms with Crippen molar-refractivity contribution in [3.8, 4) is 0 Å². The molecule has 4 atom stereocenters. The van der Waals surface area contributed by atoms with E-state index in [1.807, 2.05) is 38.8 Å². The van der Waals surface area contributed by atoms with E-state index in [-0.39, 0.29) is 60.9 Å². The average Bonchev–Trinajstić information content (AvgIpc) is 3.51. The van der Waals surface area contributed by atoms with E-state index in [4.69, 9.17) is 4.98 Å². The number of nitrogens with zero attached hydrogens (tertiary/aromatic N) is 3. The Balaban J connectivity index is 0.00000245. The first-order chi connectivity index (χ1) is 20.5. The van der Waals surface area contributed by atoms with E-state index in [2.05, 4.69) is 4.90 Å². The van der Waals surface area contributed by atoms with Crippen molar-refractivity contribution in [2.75, 3.05) is 26.7 Å². The van der Waals surface area contributed by atoms with Crippen molar-refractivity contribution in [2.45, 2.75) is 76.8 Å². The van der Waals surface area contributed by atoms with Crippen molar-refractivity contribution in [1.29, 1.82) is 0 Å². The SMILES string of the molecule is Cc1nc(Cc2cc(F)cc(F)c2)sc1C1CCN(CC2CC(N(C)[C@@H](C(=O)O)C(C)C)CC2c2cccc(F)c2)CC1.Cl.Cl.Cl. The Hall–Kier alpha value is -1.88. The second-order valence-corrected chi connectivity index (χ2v) is 13.9. The van der Waals surface area contributed by atoms with Crippen LogP contribution >= 0.6 is 48.6 Å². The Bertz CT molecular complexity index is 1420. The normalized spacial score (nSPS) is 21.0. The predicted molar refractivity (Wildman–Crippen MR) is 186 cm³/mol. The zero-order valence-electron chi connectivity index (χ0n) is 26.6. The summed E-state index contributed by atoms with van der Waals surface area (Å²) in [6, 6.07) is 10.1. The first-order valence-corrected chi connectivity index (χ1v) is 16.1. The van der Waals surface area contributed by atoms with Gasteiger partial charge in [0.25, 0.3) is 0 Å². The molecule has 1 aliphatic heterocycles. The minimum atomic E-state index is -0.796. The van der Waals surface area contributed by atoms with Crippen LogP contribution < -0.4 is 0 Å². The molecule has 12 heteroatoms. The van der Waals surface area contributed by atoms with Gasteiger partial charge in [-0.3, -0.25) is 9.69 Å². The highest BCUT2D eigenvalue weighted by Crippen LogP contribution is 2.44. The third-order valence-electron chi connectivity index (χ3n) is 9.45. The number of piperidine rings is 1. The predicted octanol–water partition coefficient (Wildman–Crippen LogP) is 8.51. The molecule has 3 unspecified atom stereocenters. The van der Waals surface area contributed by atoms with Crippen molar-refractivity contribution >= 4 is 54.5 Å². The molecule has 2 heterocycles. The number of halogens is 6. The summed E-state index contributed by atoms with van der Waals surface area (Å²) in [6.45, 7) is 8.71. The Morgan fingerprint density at radius 3 is 2.26 bits per heavy atom. The van der Waals surface area contributed by atoms with E-state index in [0.29, 0.717) is 23.8 Å². The standard InChI is InChI=1S/C34H42F3N3O2S.3ClH/c1-20(2)32(34(41)42)39(4)29-16-25(30(18-29)24-6-5-7-26(35)15-24)19-40-10-8-23(9-11-40)33-21(3)38-31(43-33)14-22-12-27(36)17-28(37)13-22;;;/h5-7,12-13,15,17,20,23,25,29-30,32H,8-11,14,16,18-19H2,1-4H3,(H,41,42);3*1H/t25?,29?,30?,32-;;;/m1.../s1. The molecule has 2 aromatic carbocycles. The van der Waals surface area contributed by atoms with Crippen LogP contribution in [0.15, 0.2) is 42.5 Å². The van der Waals surface area contributed by atoms with Crippen molar-refractivity contribution in [1.82, 2.24) is 14.8 Å². The summed E-state index contributed by atoms with van der Waals surface area (Å²) in [5.41, 5.74) is 2.59. The fourth-order valence-corrected chi connectivity index (χ4v) is 8.72. The smallest absolute Gasteiger partial charge is 0.321 e. The molecule has 1 aliphatic carbocycles. The number of aromatic nitrogens is 1. The van der Waals surface area contributed by atoms with E-state index in [9.17, 15) is 23.1 Å². The number of hydrogen-bond acceptors (Lipinski definition) is 5. The zero-order chi connectivity index (χ0) is 30.8. The summed E-state index contributed by atoms with van der Waals surface area (Å²) >= 11 is 1.65. The van der Waals surface area contributed by atoms with Gasteiger partial charge in [0.15, 0.2) is 0 Å². The van der Waals surface area contributed by atoms with Crippen LogP contribution in [-0.2, 0) is 11.2 Å². The average molecular weight is 723 g/mol. The lowest BCUT2D eigenvalue weighted by molar-refractivity contribution is -0.145. The molecule has 1 aromatic heterocycles. The van der Waals surface area contributed by atoms with Crippen LogP contribution in [0.5, 0.6) is 0 Å². The lowest BCUT2D eigenvalue weighted by Gasteiger charge is -2.35. The summed E-state index contributed by atoms with van der Waals surface area (Å²) in [4.78, 5) is 22.6. The molecule has 2 fully saturated rings. The summed E-state index contributed by atoms with van der Waals surface area (Å²) < 4.78 is 41.6. The van der Waals surface area contributed by atoms with Gasteiger partial charge in [-0.2, -0.15) is 0 Å². The number of aryl methyl sites for hydroxylation is 1. The van der Waals surface area contributed by atoms with Gasteiger partial charge >= 0.3 is 5.97 Å². The quantitative estimate of drug-likeness (QED) is 0.228. The first kappa shape index (κ1) is 40.3. The summed E-state index contributed by atoms with van der Waals surface area (Å²) in [7, 11) is 1.93. The maximum atomic E-state index is 14.3. The first-order valence-electron chi connectivity index (χ1n) is 15.3. The van der Waals surface area contributed by atoms with Crippen LogP contribution in [0.1, 0.15) is 78.1 Å². The van der Waals surface area contributed by atoms with Crippen LogP contribution in [0.25, 0.3) is 0 Å². The van der Waals surface area contributed by atoms with E-state index in [1.165, 1.54) is 23.1 Å². The molecule has 5 nitrogen and oxygen atoms in total. The number of hydrogen-bond donors (Lipinski definition) is 1. The summed E-state index contributed by atoms with van der Waals surface area (Å²) in [5, 5.41) is 10.8. The second-order valence-electron chi connectivity index (χ2n) is 12.8. The van der Waals surface area contributed by atoms with Crippen LogP contribution in [-0.4, -0.2) is 64.6 Å². The van der Waals surface area contributed by atoms with Crippen LogP contribution in [0, 0.1) is 36.2 Å². The molecule has 1 N–H and O–H groups in total. The number of carboxylic acids is 1. The molecule has 0 bridgehead atoms. The van der Waals surface area contributed by atoms with Gasteiger partial charge in [0.2, 0.25) is 0 Å². The van der Waals surface area contributed by atoms with E-state index >= 15 is 0 Å². The number of carboxylic acid groups (broad SMARTS) is 1. The second kappa shape index (κ2) is 17.5. The molecule has 46 heavy (non-hydrogen) atoms. The largest absolute Gasteiger partial charge is 0.480 e. The number of rotatable bonds is 10. The third-order valence-corrected chi connectivity index (χ3v) is 10.8. The number of likely N-dealkylation sites (N-methyl/N-ethyl adjacent to an activating group) is 1. The zero-order valence-corrected chi connectivity index (χ0v) is 29.9. The Morgan fingerprint density at radius 2 is 1.67 bits per heavy atom. The molecule has 256 valence electrons. The van der Waals surface area contributed by atoms with Gasteiger partial charge in [0.1, 0.15) is 23.5 Å². The molecule has 0 amide bonds. The number of likely N-dealkylation sites (tertiary alicyclic amines) is 1. The molecule has 1 saturated heterocycles. The molecule has 3 aromatic rings. The Labute approximate surface area is 293 Å². The monoisotopic (exact) mass is 721 g/mol. The fourth-order valence-electron chi connectivity index (χ4n) is 7.45. The van der Waals surface area contributed by atoms with E-state index in [0.717, 1.165) is 67.6 Å². The van der Waals surface area contributed by atoms with E-state index in [1.54, 1.807) is 23.5 Å². The highest BCUT2D eigenvalue weighted by molar-refractivity contribution is 7.11. The van der Waals surface area contributed by atoms with Crippen molar-refractivity contribution in [2.24, 2.45) is 11.8 Å². The fraction of sp³-hybridized carbons (Fsp3) is 0.529. The number of thiazole rings is 1. The van der Waals surface area contributed by atoms with Crippen LogP contribution in [0.4, 0.5) is 13.2 Å². The van der Waals surface area contributed by atoms with Crippen molar-refractivity contribution in [3.63, 3.8) is 0 Å². The van der Waals surface area contributed by atoms with Crippen molar-refractivity contribution < 1.29 is 23.1 Å². The molecule has 2 aliphatic rings. The van der Waals surface area contributed by atoms with Gasteiger partial charge in [-0.05, 0) is 112 Å². The van der Waals surface area contributed by atoms with E-state index < -0.39 is 23.6 Å². The maximum absolute atomic E-state index is 14.3. The van der Waals surface area contributed by atoms with Crippen LogP contribution in [0.2, 0.25) is 0 Å². The minimum absolute atomic E-state index is 0. The van der Waals surface area contributed by atoms with Gasteiger partial charge < -0.3 is 10.0 Å². The maximum Gasteiger partial charge on any atom is 0.321 e. The highest BCUT2D eigenvalue weighted by atomic mass is 35.5. The summed E-state index contributed by atoms with van der Waals surface area (Å²) in [6.07, 6.45) is 4.12. The van der Waals surface area contributed by atoms with Gasteiger partial charge in [0, 0.05) is 30.0 Å². The van der Waals surface area contributed by atoms with Gasteiger partial charge in [0.05, 0.1) is 10.7 Å². The molecule has 1 saturated carbocycles. The van der Waals surface area contributed by atoms with Gasteiger partial charge in [-0.1, -0.05) is 26.0 Å². The van der Waals surface area contributed by atoms with Crippen LogP contribution in [0.3, 0.4) is 0 Å². The highest BCUT2D eigenvalue weighted by Gasteiger charge is 2.42. The number of aliphatic carboxylic acids is 1. The summed E-state index contributed by atoms with van der Waals surface area (Å²) in [5.74, 6) is -1.32. The number of carbonyl (C=O) groups is 1. The van der Waals surface area contributed by atoms with Gasteiger partial charge in [-0.15, -0.1) is 48.6 Å². The number of benzene rings is 2. The molecule has 5 rings (SSSR count). The lowest BCUT2D eigenvalue weighted by atomic mass is 9.87. The molecule has 0 spiro atoms. The van der Waals surface area contributed by atoms with Gasteiger partial charge in [-0.25, -0.2) is 18.2 Å². The minimum Gasteiger partial charge on any atom is -0.480 e. The van der Waals surface area contributed by atoms with Crippen molar-refractivity contribution in [3.05, 3.63) is 86.6 Å². The molecular weight excluding hydrogens is 678 g/mol. The Kier molecular flexibility index (Phi) is 15.3. The topological polar surface area (TPSA) is 56.7 Å². The third kappa shape index (κ3) is 9.60.